The molecule has 2 aliphatic heterocycles. The second-order valence-corrected chi connectivity index (χ2v) is 7.45. The number of nitrogens with zero attached hydrogens (tertiary/aromatic N) is 2. The van der Waals surface area contributed by atoms with Gasteiger partial charge in [0.1, 0.15) is 5.76 Å². The number of carbonyl (C=O) groups is 1. The Hall–Kier alpha value is -2.14. The van der Waals surface area contributed by atoms with E-state index in [9.17, 15) is 4.79 Å². The topological polar surface area (TPSA) is 58.4 Å². The van der Waals surface area contributed by atoms with Crippen LogP contribution in [0.2, 0.25) is 0 Å². The Morgan fingerprint density at radius 2 is 1.96 bits per heavy atom. The molecule has 2 aromatic rings. The number of aryl methyl sites for hydroxylation is 2. The SMILES string of the molecule is Cc1noc(C)c1CN1CCC2(CC1)NC(=O)C[C@@H]2c1ccccc1. The van der Waals surface area contributed by atoms with Crippen LogP contribution in [0.3, 0.4) is 0 Å². The molecule has 0 saturated carbocycles. The summed E-state index contributed by atoms with van der Waals surface area (Å²) in [5.41, 5.74) is 3.37. The zero-order valence-electron chi connectivity index (χ0n) is 14.9. The maximum Gasteiger partial charge on any atom is 0.221 e. The number of hydrogen-bond acceptors (Lipinski definition) is 4. The fourth-order valence-electron chi connectivity index (χ4n) is 4.45. The second kappa shape index (κ2) is 6.30. The lowest BCUT2D eigenvalue weighted by molar-refractivity contribution is -0.120. The normalized spacial score (nSPS) is 23.1. The largest absolute Gasteiger partial charge is 0.361 e. The molecule has 1 amide bonds. The van der Waals surface area contributed by atoms with E-state index in [1.165, 1.54) is 11.1 Å². The molecule has 0 unspecified atom stereocenters. The Labute approximate surface area is 148 Å². The van der Waals surface area contributed by atoms with Gasteiger partial charge in [0.25, 0.3) is 0 Å². The predicted molar refractivity (Wildman–Crippen MR) is 95.2 cm³/mol. The van der Waals surface area contributed by atoms with Gasteiger partial charge in [-0.25, -0.2) is 0 Å². The van der Waals surface area contributed by atoms with Crippen molar-refractivity contribution in [3.8, 4) is 0 Å². The summed E-state index contributed by atoms with van der Waals surface area (Å²) in [6.07, 6.45) is 2.58. The van der Waals surface area contributed by atoms with Crippen LogP contribution in [0.5, 0.6) is 0 Å². The summed E-state index contributed by atoms with van der Waals surface area (Å²) >= 11 is 0. The van der Waals surface area contributed by atoms with E-state index in [0.717, 1.165) is 43.9 Å². The summed E-state index contributed by atoms with van der Waals surface area (Å²) in [6, 6.07) is 10.5. The van der Waals surface area contributed by atoms with Gasteiger partial charge in [0.05, 0.1) is 5.69 Å². The molecule has 0 aliphatic carbocycles. The third-order valence-electron chi connectivity index (χ3n) is 5.96. The van der Waals surface area contributed by atoms with Crippen molar-refractivity contribution in [2.75, 3.05) is 13.1 Å². The number of carbonyl (C=O) groups excluding carboxylic acids is 1. The van der Waals surface area contributed by atoms with E-state index >= 15 is 0 Å². The van der Waals surface area contributed by atoms with Crippen molar-refractivity contribution in [2.45, 2.75) is 51.1 Å². The molecule has 0 radical (unpaired) electrons. The third-order valence-corrected chi connectivity index (χ3v) is 5.96. The monoisotopic (exact) mass is 339 g/mol. The van der Waals surface area contributed by atoms with Crippen molar-refractivity contribution in [3.63, 3.8) is 0 Å². The predicted octanol–water partition coefficient (Wildman–Crippen LogP) is 2.93. The molecule has 1 aromatic carbocycles. The van der Waals surface area contributed by atoms with Gasteiger partial charge in [0.2, 0.25) is 5.91 Å². The second-order valence-electron chi connectivity index (χ2n) is 7.45. The molecule has 1 atom stereocenters. The highest BCUT2D eigenvalue weighted by molar-refractivity contribution is 5.81. The van der Waals surface area contributed by atoms with Crippen LogP contribution in [-0.4, -0.2) is 34.6 Å². The first kappa shape index (κ1) is 16.3. The molecule has 5 heteroatoms. The number of piperidine rings is 1. The summed E-state index contributed by atoms with van der Waals surface area (Å²) in [5, 5.41) is 7.38. The fraction of sp³-hybridized carbons (Fsp3) is 0.500. The average Bonchev–Trinajstić information content (AvgIpc) is 3.11. The maximum absolute atomic E-state index is 12.2. The molecule has 1 N–H and O–H groups in total. The summed E-state index contributed by atoms with van der Waals surface area (Å²) in [5.74, 6) is 1.38. The fourth-order valence-corrected chi connectivity index (χ4v) is 4.45. The van der Waals surface area contributed by atoms with Gasteiger partial charge in [-0.3, -0.25) is 9.69 Å². The van der Waals surface area contributed by atoms with Crippen molar-refractivity contribution >= 4 is 5.91 Å². The van der Waals surface area contributed by atoms with Crippen LogP contribution >= 0.6 is 0 Å². The van der Waals surface area contributed by atoms with Crippen LogP contribution in [0.1, 0.15) is 47.8 Å². The van der Waals surface area contributed by atoms with Crippen LogP contribution in [0.25, 0.3) is 0 Å². The van der Waals surface area contributed by atoms with Crippen LogP contribution < -0.4 is 5.32 Å². The molecule has 25 heavy (non-hydrogen) atoms. The Morgan fingerprint density at radius 1 is 1.24 bits per heavy atom. The lowest BCUT2D eigenvalue weighted by Gasteiger charge is -2.43. The zero-order chi connectivity index (χ0) is 17.4. The first-order valence-corrected chi connectivity index (χ1v) is 9.07. The van der Waals surface area contributed by atoms with Crippen LogP contribution in [0.15, 0.2) is 34.9 Å². The van der Waals surface area contributed by atoms with Crippen molar-refractivity contribution < 1.29 is 9.32 Å². The number of benzene rings is 1. The number of hydrogen-bond donors (Lipinski definition) is 1. The molecule has 2 fully saturated rings. The van der Waals surface area contributed by atoms with Gasteiger partial charge in [0.15, 0.2) is 0 Å². The molecule has 2 saturated heterocycles. The Morgan fingerprint density at radius 3 is 2.60 bits per heavy atom. The van der Waals surface area contributed by atoms with Crippen molar-refractivity contribution in [3.05, 3.63) is 52.9 Å². The van der Waals surface area contributed by atoms with Crippen molar-refractivity contribution in [2.24, 2.45) is 0 Å². The first-order valence-electron chi connectivity index (χ1n) is 9.07. The third kappa shape index (κ3) is 2.97. The smallest absolute Gasteiger partial charge is 0.221 e. The molecule has 5 nitrogen and oxygen atoms in total. The lowest BCUT2D eigenvalue weighted by Crippen LogP contribution is -2.53. The Balaban J connectivity index is 1.49. The van der Waals surface area contributed by atoms with Crippen LogP contribution in [0.4, 0.5) is 0 Å². The Kier molecular flexibility index (Phi) is 4.12. The molecule has 0 bridgehead atoms. The van der Waals surface area contributed by atoms with E-state index in [1.807, 2.05) is 19.9 Å². The molecule has 1 spiro atoms. The van der Waals surface area contributed by atoms with Gasteiger partial charge in [-0.05, 0) is 32.3 Å². The van der Waals surface area contributed by atoms with Gasteiger partial charge in [-0.15, -0.1) is 0 Å². The maximum atomic E-state index is 12.2. The molecule has 132 valence electrons. The molecule has 4 rings (SSSR count). The van der Waals surface area contributed by atoms with Crippen molar-refractivity contribution in [1.29, 1.82) is 0 Å². The minimum absolute atomic E-state index is 0.0896. The highest BCUT2D eigenvalue weighted by Crippen LogP contribution is 2.43. The minimum atomic E-state index is -0.0896. The van der Waals surface area contributed by atoms with E-state index in [1.54, 1.807) is 0 Å². The van der Waals surface area contributed by atoms with E-state index in [2.05, 4.69) is 39.6 Å². The van der Waals surface area contributed by atoms with Crippen LogP contribution in [0, 0.1) is 13.8 Å². The number of nitrogens with one attached hydrogen (secondary N) is 1. The summed E-state index contributed by atoms with van der Waals surface area (Å²) < 4.78 is 5.29. The summed E-state index contributed by atoms with van der Waals surface area (Å²) in [4.78, 5) is 14.6. The first-order chi connectivity index (χ1) is 12.1. The number of amides is 1. The Bertz CT molecular complexity index is 741. The molecule has 1 aromatic heterocycles. The molecule has 3 heterocycles. The highest BCUT2D eigenvalue weighted by atomic mass is 16.5. The lowest BCUT2D eigenvalue weighted by atomic mass is 9.74. The summed E-state index contributed by atoms with van der Waals surface area (Å²) in [7, 11) is 0. The average molecular weight is 339 g/mol. The minimum Gasteiger partial charge on any atom is -0.361 e. The van der Waals surface area contributed by atoms with Gasteiger partial charge >= 0.3 is 0 Å². The van der Waals surface area contributed by atoms with Gasteiger partial charge in [-0.2, -0.15) is 0 Å². The van der Waals surface area contributed by atoms with Gasteiger partial charge in [-0.1, -0.05) is 35.5 Å². The van der Waals surface area contributed by atoms with E-state index < -0.39 is 0 Å². The number of rotatable bonds is 3. The van der Waals surface area contributed by atoms with Gasteiger partial charge in [0, 0.05) is 43.1 Å². The highest BCUT2D eigenvalue weighted by Gasteiger charge is 2.48. The van der Waals surface area contributed by atoms with E-state index in [-0.39, 0.29) is 17.4 Å². The molecular weight excluding hydrogens is 314 g/mol. The van der Waals surface area contributed by atoms with Crippen LogP contribution in [-0.2, 0) is 11.3 Å². The van der Waals surface area contributed by atoms with E-state index in [0.29, 0.717) is 6.42 Å². The summed E-state index contributed by atoms with van der Waals surface area (Å²) in [6.45, 7) is 6.81. The standard InChI is InChI=1S/C20H25N3O2/c1-14-17(15(2)25-22-14)13-23-10-8-20(9-11-23)18(12-19(24)21-20)16-6-4-3-5-7-16/h3-7,18H,8-13H2,1-2H3,(H,21,24)/t18-/m1/s1. The number of aromatic nitrogens is 1. The zero-order valence-corrected chi connectivity index (χ0v) is 14.9. The molecule has 2 aliphatic rings. The van der Waals surface area contributed by atoms with Crippen molar-refractivity contribution in [1.82, 2.24) is 15.4 Å². The quantitative estimate of drug-likeness (QED) is 0.934. The van der Waals surface area contributed by atoms with E-state index in [4.69, 9.17) is 4.52 Å². The number of likely N-dealkylation sites (tertiary alicyclic amines) is 1. The molecular formula is C20H25N3O2. The van der Waals surface area contributed by atoms with Gasteiger partial charge < -0.3 is 9.84 Å².